The number of aromatic amines is 1. The Morgan fingerprint density at radius 1 is 1.11 bits per heavy atom. The Kier molecular flexibility index (Phi) is 5.51. The van der Waals surface area contributed by atoms with Crippen LogP contribution < -0.4 is 5.32 Å². The predicted octanol–water partition coefficient (Wildman–Crippen LogP) is 4.65. The van der Waals surface area contributed by atoms with Gasteiger partial charge >= 0.3 is 6.03 Å². The average Bonchev–Trinajstić information content (AvgIpc) is 3.65. The number of nitrogens with one attached hydrogen (secondary N) is 2. The van der Waals surface area contributed by atoms with E-state index in [1.807, 2.05) is 35.5 Å². The van der Waals surface area contributed by atoms with Crippen LogP contribution in [0.15, 0.2) is 54.9 Å². The molecule has 1 unspecified atom stereocenters. The largest absolute Gasteiger partial charge is 0.346 e. The number of carbonyl (C=O) groups excluding carboxylic acids is 1. The highest BCUT2D eigenvalue weighted by molar-refractivity contribution is 5.80. The van der Waals surface area contributed by atoms with E-state index in [0.29, 0.717) is 6.54 Å². The molecule has 0 aliphatic carbocycles. The molecule has 0 radical (unpaired) electrons. The van der Waals surface area contributed by atoms with Crippen LogP contribution in [0.2, 0.25) is 0 Å². The van der Waals surface area contributed by atoms with Crippen LogP contribution in [0.25, 0.3) is 22.3 Å². The van der Waals surface area contributed by atoms with Gasteiger partial charge < -0.3 is 15.2 Å². The van der Waals surface area contributed by atoms with Crippen molar-refractivity contribution in [2.45, 2.75) is 44.1 Å². The molecular formula is C27H29FN6O. The highest BCUT2D eigenvalue weighted by Gasteiger charge is 2.46. The first-order valence-electron chi connectivity index (χ1n) is 12.4. The maximum atomic E-state index is 13.0. The van der Waals surface area contributed by atoms with Gasteiger partial charge in [0.2, 0.25) is 0 Å². The van der Waals surface area contributed by atoms with Gasteiger partial charge in [-0.05, 0) is 68.0 Å². The third-order valence-electron chi connectivity index (χ3n) is 7.54. The van der Waals surface area contributed by atoms with Gasteiger partial charge in [0.15, 0.2) is 0 Å². The van der Waals surface area contributed by atoms with E-state index in [2.05, 4.69) is 32.1 Å². The molecule has 0 saturated carbocycles. The van der Waals surface area contributed by atoms with Gasteiger partial charge in [-0.2, -0.15) is 5.10 Å². The lowest BCUT2D eigenvalue weighted by molar-refractivity contribution is 0.205. The van der Waals surface area contributed by atoms with Crippen molar-refractivity contribution >= 4 is 17.1 Å². The summed E-state index contributed by atoms with van der Waals surface area (Å²) < 4.78 is 15.1. The molecular weight excluding hydrogens is 443 g/mol. The molecule has 4 aromatic rings. The molecule has 6 rings (SSSR count). The number of benzene rings is 1. The Bertz CT molecular complexity index is 1360. The van der Waals surface area contributed by atoms with Gasteiger partial charge in [0.25, 0.3) is 0 Å². The van der Waals surface area contributed by atoms with E-state index in [0.717, 1.165) is 79.6 Å². The number of amides is 2. The molecule has 1 spiro atoms. The molecule has 1 saturated heterocycles. The summed E-state index contributed by atoms with van der Waals surface area (Å²) >= 11 is 0. The normalized spacial score (nSPS) is 19.1. The number of aryl methyl sites for hydroxylation is 2. The quantitative estimate of drug-likeness (QED) is 0.401. The van der Waals surface area contributed by atoms with Crippen LogP contribution in [-0.2, 0) is 18.4 Å². The summed E-state index contributed by atoms with van der Waals surface area (Å²) in [4.78, 5) is 22.4. The zero-order chi connectivity index (χ0) is 23.8. The summed E-state index contributed by atoms with van der Waals surface area (Å²) in [5.41, 5.74) is 5.18. The number of H-pyrrole nitrogens is 1. The van der Waals surface area contributed by atoms with Crippen molar-refractivity contribution < 1.29 is 9.18 Å². The first-order valence-corrected chi connectivity index (χ1v) is 12.4. The highest BCUT2D eigenvalue weighted by atomic mass is 19.1. The molecule has 2 aliphatic rings. The second kappa shape index (κ2) is 8.83. The zero-order valence-corrected chi connectivity index (χ0v) is 19.6. The fraction of sp³-hybridized carbons (Fsp3) is 0.370. The third-order valence-corrected chi connectivity index (χ3v) is 7.54. The van der Waals surface area contributed by atoms with Gasteiger partial charge in [-0.25, -0.2) is 14.2 Å². The van der Waals surface area contributed by atoms with E-state index in [4.69, 9.17) is 5.10 Å². The smallest absolute Gasteiger partial charge is 0.317 e. The molecule has 0 bridgehead atoms. The van der Waals surface area contributed by atoms with E-state index >= 15 is 0 Å². The molecule has 2 aliphatic heterocycles. The van der Waals surface area contributed by atoms with Crippen molar-refractivity contribution in [3.8, 4) is 11.3 Å². The lowest BCUT2D eigenvalue weighted by Gasteiger charge is -2.23. The molecule has 2 N–H and O–H groups in total. The molecule has 2 amide bonds. The number of halogens is 1. The minimum atomic E-state index is -0.207. The van der Waals surface area contributed by atoms with Gasteiger partial charge in [0, 0.05) is 60.6 Å². The molecule has 5 heterocycles. The third kappa shape index (κ3) is 4.17. The number of carbonyl (C=O) groups is 1. The molecule has 8 heteroatoms. The second-order valence-corrected chi connectivity index (χ2v) is 9.79. The summed E-state index contributed by atoms with van der Waals surface area (Å²) in [6, 6.07) is 13.0. The Hall–Kier alpha value is -3.68. The van der Waals surface area contributed by atoms with Crippen LogP contribution in [-0.4, -0.2) is 50.3 Å². The van der Waals surface area contributed by atoms with E-state index in [-0.39, 0.29) is 17.3 Å². The number of nitrogens with zero attached hydrogens (tertiary/aromatic N) is 4. The number of urea groups is 1. The highest BCUT2D eigenvalue weighted by Crippen LogP contribution is 2.43. The van der Waals surface area contributed by atoms with Crippen molar-refractivity contribution in [3.05, 3.63) is 71.9 Å². The van der Waals surface area contributed by atoms with Gasteiger partial charge in [0.1, 0.15) is 11.5 Å². The standard InChI is InChI=1S/C27H29FN6O/c28-22-6-4-19(5-7-22)3-1-2-11-30-26(35)33-13-9-27(18-33)10-14-34-24(27)16-23(32-34)21-15-20-8-12-29-25(20)31-17-21/h4-8,12,15-17H,1-3,9-11,13-14,18H2,(H,29,31)(H,30,35). The molecule has 1 aromatic carbocycles. The number of rotatable bonds is 6. The first-order chi connectivity index (χ1) is 17.1. The van der Waals surface area contributed by atoms with Crippen LogP contribution in [0.1, 0.15) is 36.9 Å². The first kappa shape index (κ1) is 21.8. The van der Waals surface area contributed by atoms with Crippen LogP contribution in [0.4, 0.5) is 9.18 Å². The Labute approximate surface area is 203 Å². The molecule has 3 aromatic heterocycles. The van der Waals surface area contributed by atoms with Crippen molar-refractivity contribution in [1.29, 1.82) is 0 Å². The van der Waals surface area contributed by atoms with Gasteiger partial charge in [-0.15, -0.1) is 0 Å². The van der Waals surface area contributed by atoms with Crippen LogP contribution in [0, 0.1) is 5.82 Å². The Balaban J connectivity index is 1.05. The van der Waals surface area contributed by atoms with E-state index in [1.54, 1.807) is 0 Å². The maximum Gasteiger partial charge on any atom is 0.317 e. The van der Waals surface area contributed by atoms with Crippen LogP contribution in [0.3, 0.4) is 0 Å². The number of pyridine rings is 1. The predicted molar refractivity (Wildman–Crippen MR) is 133 cm³/mol. The van der Waals surface area contributed by atoms with Crippen molar-refractivity contribution in [2.24, 2.45) is 0 Å². The van der Waals surface area contributed by atoms with E-state index in [9.17, 15) is 9.18 Å². The van der Waals surface area contributed by atoms with E-state index < -0.39 is 0 Å². The summed E-state index contributed by atoms with van der Waals surface area (Å²) in [5, 5.41) is 9.03. The number of hydrogen-bond acceptors (Lipinski definition) is 3. The summed E-state index contributed by atoms with van der Waals surface area (Å²) in [6.45, 7) is 3.03. The topological polar surface area (TPSA) is 78.8 Å². The van der Waals surface area contributed by atoms with Crippen molar-refractivity contribution in [3.63, 3.8) is 0 Å². The van der Waals surface area contributed by atoms with Gasteiger partial charge in [-0.3, -0.25) is 4.68 Å². The number of aromatic nitrogens is 4. The Morgan fingerprint density at radius 2 is 1.97 bits per heavy atom. The maximum absolute atomic E-state index is 13.0. The zero-order valence-electron chi connectivity index (χ0n) is 19.6. The van der Waals surface area contributed by atoms with Crippen LogP contribution >= 0.6 is 0 Å². The molecule has 180 valence electrons. The van der Waals surface area contributed by atoms with Crippen molar-refractivity contribution in [1.82, 2.24) is 30.0 Å². The van der Waals surface area contributed by atoms with E-state index in [1.165, 1.54) is 17.8 Å². The lowest BCUT2D eigenvalue weighted by atomic mass is 9.82. The minimum Gasteiger partial charge on any atom is -0.346 e. The average molecular weight is 473 g/mol. The fourth-order valence-electron chi connectivity index (χ4n) is 5.55. The number of likely N-dealkylation sites (tertiary alicyclic amines) is 1. The summed E-state index contributed by atoms with van der Waals surface area (Å²) in [5.74, 6) is -0.207. The molecule has 1 atom stereocenters. The Morgan fingerprint density at radius 3 is 2.86 bits per heavy atom. The summed E-state index contributed by atoms with van der Waals surface area (Å²) in [6.07, 6.45) is 8.50. The summed E-state index contributed by atoms with van der Waals surface area (Å²) in [7, 11) is 0. The fourth-order valence-corrected chi connectivity index (χ4v) is 5.55. The molecule has 7 nitrogen and oxygen atoms in total. The lowest BCUT2D eigenvalue weighted by Crippen LogP contribution is -2.40. The second-order valence-electron chi connectivity index (χ2n) is 9.79. The monoisotopic (exact) mass is 472 g/mol. The van der Waals surface area contributed by atoms with Crippen molar-refractivity contribution in [2.75, 3.05) is 19.6 Å². The van der Waals surface area contributed by atoms with Gasteiger partial charge in [-0.1, -0.05) is 12.1 Å². The number of fused-ring (bicyclic) bond motifs is 3. The minimum absolute atomic E-state index is 0.0171. The number of hydrogen-bond donors (Lipinski definition) is 2. The molecule has 1 fully saturated rings. The molecule has 35 heavy (non-hydrogen) atoms. The number of unbranched alkanes of at least 4 members (excludes halogenated alkanes) is 1. The van der Waals surface area contributed by atoms with Gasteiger partial charge in [0.05, 0.1) is 5.69 Å². The SMILES string of the molecule is O=C(NCCCCc1ccc(F)cc1)N1CCC2(CCn3nc(-c4cnc5[nH]ccc5c4)cc32)C1. The van der Waals surface area contributed by atoms with Crippen LogP contribution in [0.5, 0.6) is 0 Å².